The molecule has 4 heteroatoms. The van der Waals surface area contributed by atoms with Gasteiger partial charge in [0, 0.05) is 19.0 Å². The Morgan fingerprint density at radius 3 is 2.95 bits per heavy atom. The van der Waals surface area contributed by atoms with Gasteiger partial charge >= 0.3 is 0 Å². The molecule has 1 fully saturated rings. The van der Waals surface area contributed by atoms with Crippen molar-refractivity contribution in [1.29, 1.82) is 0 Å². The highest BCUT2D eigenvalue weighted by molar-refractivity contribution is 6.00. The van der Waals surface area contributed by atoms with E-state index in [1.807, 2.05) is 18.2 Å². The van der Waals surface area contributed by atoms with Crippen molar-refractivity contribution in [3.63, 3.8) is 0 Å². The number of Topliss-reactive ketones (excluding diaryl/α,β-unsaturated/α-hetero) is 1. The number of hydrogen-bond donors (Lipinski definition) is 0. The number of rotatable bonds is 2. The number of ketones is 1. The lowest BCUT2D eigenvalue weighted by Crippen LogP contribution is -2.42. The molecule has 1 atom stereocenters. The molecule has 2 aliphatic rings. The first-order valence-corrected chi connectivity index (χ1v) is 7.78. The molecule has 0 radical (unpaired) electrons. The highest BCUT2D eigenvalue weighted by Crippen LogP contribution is 2.40. The molecule has 0 aliphatic carbocycles. The van der Waals surface area contributed by atoms with Gasteiger partial charge in [-0.25, -0.2) is 0 Å². The molecule has 1 aromatic rings. The number of methoxy groups -OCH3 is 1. The first-order chi connectivity index (χ1) is 10.2. The van der Waals surface area contributed by atoms with Crippen LogP contribution in [-0.2, 0) is 0 Å². The third kappa shape index (κ3) is 2.77. The number of carbonyl (C=O) groups excluding carboxylic acids is 1. The first kappa shape index (κ1) is 14.4. The summed E-state index contributed by atoms with van der Waals surface area (Å²) in [5.41, 5.74) is 0.374. The van der Waals surface area contributed by atoms with Crippen LogP contribution >= 0.6 is 0 Å². The van der Waals surface area contributed by atoms with Crippen molar-refractivity contribution in [3.05, 3.63) is 23.8 Å². The zero-order chi connectivity index (χ0) is 14.9. The Hall–Kier alpha value is -1.55. The molecule has 0 N–H and O–H groups in total. The van der Waals surface area contributed by atoms with Crippen LogP contribution in [0.4, 0.5) is 0 Å². The Balaban J connectivity index is 1.87. The minimum Gasteiger partial charge on any atom is -0.497 e. The maximum atomic E-state index is 12.5. The van der Waals surface area contributed by atoms with E-state index in [4.69, 9.17) is 9.47 Å². The molecular formula is C17H23NO3. The van der Waals surface area contributed by atoms with E-state index in [1.165, 1.54) is 0 Å². The van der Waals surface area contributed by atoms with Gasteiger partial charge in [0.15, 0.2) is 5.78 Å². The Bertz CT molecular complexity index is 543. The van der Waals surface area contributed by atoms with Gasteiger partial charge < -0.3 is 14.4 Å². The predicted molar refractivity (Wildman–Crippen MR) is 81.3 cm³/mol. The van der Waals surface area contributed by atoms with Crippen molar-refractivity contribution >= 4 is 5.78 Å². The first-order valence-electron chi connectivity index (χ1n) is 7.78. The number of hydrogen-bond acceptors (Lipinski definition) is 4. The van der Waals surface area contributed by atoms with Gasteiger partial charge in [-0.05, 0) is 38.1 Å². The molecule has 3 rings (SSSR count). The van der Waals surface area contributed by atoms with E-state index in [1.54, 1.807) is 7.11 Å². The minimum atomic E-state index is -0.319. The van der Waals surface area contributed by atoms with Gasteiger partial charge in [0.25, 0.3) is 0 Å². The smallest absolute Gasteiger partial charge is 0.170 e. The van der Waals surface area contributed by atoms with Crippen LogP contribution in [0.3, 0.4) is 0 Å². The second-order valence-electron chi connectivity index (χ2n) is 6.03. The average molecular weight is 289 g/mol. The predicted octanol–water partition coefficient (Wildman–Crippen LogP) is 2.91. The number of nitrogens with zero attached hydrogens (tertiary/aromatic N) is 1. The van der Waals surface area contributed by atoms with Crippen LogP contribution in [-0.4, -0.2) is 43.0 Å². The number of likely N-dealkylation sites (tertiary alicyclic amines) is 1. The standard InChI is InChI=1S/C17H23NO3/c1-3-18-9-4-7-17(8-10-18)12-15(19)14-6-5-13(20-2)11-16(14)21-17/h5-6,11H,3-4,7-10,12H2,1-2H3. The fourth-order valence-corrected chi connectivity index (χ4v) is 3.42. The summed E-state index contributed by atoms with van der Waals surface area (Å²) in [4.78, 5) is 14.9. The Morgan fingerprint density at radius 2 is 2.19 bits per heavy atom. The highest BCUT2D eigenvalue weighted by atomic mass is 16.5. The maximum absolute atomic E-state index is 12.5. The van der Waals surface area contributed by atoms with E-state index in [2.05, 4.69) is 11.8 Å². The third-order valence-corrected chi connectivity index (χ3v) is 4.74. The fourth-order valence-electron chi connectivity index (χ4n) is 3.42. The van der Waals surface area contributed by atoms with Gasteiger partial charge in [-0.15, -0.1) is 0 Å². The second kappa shape index (κ2) is 5.68. The normalized spacial score (nSPS) is 26.1. The van der Waals surface area contributed by atoms with Crippen LogP contribution in [0.1, 0.15) is 43.0 Å². The Morgan fingerprint density at radius 1 is 1.33 bits per heavy atom. The SMILES string of the molecule is CCN1CCCC2(CC1)CC(=O)c1ccc(OC)cc1O2. The van der Waals surface area contributed by atoms with Crippen molar-refractivity contribution in [2.24, 2.45) is 0 Å². The summed E-state index contributed by atoms with van der Waals surface area (Å²) in [5, 5.41) is 0. The molecule has 1 unspecified atom stereocenters. The number of carbonyl (C=O) groups is 1. The van der Waals surface area contributed by atoms with Crippen molar-refractivity contribution in [2.45, 2.75) is 38.2 Å². The van der Waals surface area contributed by atoms with Gasteiger partial charge in [-0.1, -0.05) is 6.92 Å². The Labute approximate surface area is 126 Å². The summed E-state index contributed by atoms with van der Waals surface area (Å²) in [6, 6.07) is 5.49. The number of ether oxygens (including phenoxy) is 2. The lowest BCUT2D eigenvalue weighted by molar-refractivity contribution is 0.0300. The summed E-state index contributed by atoms with van der Waals surface area (Å²) >= 11 is 0. The maximum Gasteiger partial charge on any atom is 0.170 e. The monoisotopic (exact) mass is 289 g/mol. The molecule has 1 spiro atoms. The molecular weight excluding hydrogens is 266 g/mol. The van der Waals surface area contributed by atoms with Crippen LogP contribution in [0, 0.1) is 0 Å². The fraction of sp³-hybridized carbons (Fsp3) is 0.588. The lowest BCUT2D eigenvalue weighted by atomic mass is 9.84. The van der Waals surface area contributed by atoms with Gasteiger partial charge in [0.05, 0.1) is 19.1 Å². The third-order valence-electron chi connectivity index (χ3n) is 4.74. The lowest BCUT2D eigenvalue weighted by Gasteiger charge is -2.37. The van der Waals surface area contributed by atoms with E-state index in [0.29, 0.717) is 17.7 Å². The van der Waals surface area contributed by atoms with Crippen LogP contribution in [0.15, 0.2) is 18.2 Å². The van der Waals surface area contributed by atoms with Crippen molar-refractivity contribution < 1.29 is 14.3 Å². The summed E-state index contributed by atoms with van der Waals surface area (Å²) in [7, 11) is 1.63. The molecule has 4 nitrogen and oxygen atoms in total. The van der Waals surface area contributed by atoms with Crippen LogP contribution in [0.5, 0.6) is 11.5 Å². The zero-order valence-electron chi connectivity index (χ0n) is 12.9. The van der Waals surface area contributed by atoms with Crippen molar-refractivity contribution in [3.8, 4) is 11.5 Å². The van der Waals surface area contributed by atoms with Crippen LogP contribution in [0.25, 0.3) is 0 Å². The summed E-state index contributed by atoms with van der Waals surface area (Å²) in [6.07, 6.45) is 3.46. The molecule has 2 aliphatic heterocycles. The topological polar surface area (TPSA) is 38.8 Å². The van der Waals surface area contributed by atoms with Crippen molar-refractivity contribution in [2.75, 3.05) is 26.7 Å². The van der Waals surface area contributed by atoms with Gasteiger partial charge in [0.2, 0.25) is 0 Å². The molecule has 1 saturated heterocycles. The van der Waals surface area contributed by atoms with Crippen molar-refractivity contribution in [1.82, 2.24) is 4.90 Å². The summed E-state index contributed by atoms with van der Waals surface area (Å²) < 4.78 is 11.6. The zero-order valence-corrected chi connectivity index (χ0v) is 12.9. The average Bonchev–Trinajstić information content (AvgIpc) is 2.69. The molecule has 1 aromatic carbocycles. The van der Waals surface area contributed by atoms with E-state index < -0.39 is 0 Å². The quantitative estimate of drug-likeness (QED) is 0.839. The van der Waals surface area contributed by atoms with E-state index in [0.717, 1.165) is 44.6 Å². The van der Waals surface area contributed by atoms with E-state index in [-0.39, 0.29) is 11.4 Å². The molecule has 2 heterocycles. The molecule has 21 heavy (non-hydrogen) atoms. The molecule has 0 amide bonds. The number of benzene rings is 1. The van der Waals surface area contributed by atoms with Crippen LogP contribution < -0.4 is 9.47 Å². The van der Waals surface area contributed by atoms with E-state index in [9.17, 15) is 4.79 Å². The van der Waals surface area contributed by atoms with Crippen LogP contribution in [0.2, 0.25) is 0 Å². The van der Waals surface area contributed by atoms with Gasteiger partial charge in [-0.2, -0.15) is 0 Å². The molecule has 114 valence electrons. The molecule has 0 bridgehead atoms. The van der Waals surface area contributed by atoms with Gasteiger partial charge in [-0.3, -0.25) is 4.79 Å². The van der Waals surface area contributed by atoms with E-state index >= 15 is 0 Å². The highest BCUT2D eigenvalue weighted by Gasteiger charge is 2.41. The van der Waals surface area contributed by atoms with Gasteiger partial charge in [0.1, 0.15) is 17.1 Å². The molecule has 0 saturated carbocycles. The minimum absolute atomic E-state index is 0.198. The molecule has 0 aromatic heterocycles. The summed E-state index contributed by atoms with van der Waals surface area (Å²) in [5.74, 6) is 1.63. The Kier molecular flexibility index (Phi) is 3.89. The largest absolute Gasteiger partial charge is 0.497 e. The summed E-state index contributed by atoms with van der Waals surface area (Å²) in [6.45, 7) is 5.35. The number of fused-ring (bicyclic) bond motifs is 1. The second-order valence-corrected chi connectivity index (χ2v) is 6.03.